The third kappa shape index (κ3) is 1.98. The normalized spacial score (nSPS) is 10.6. The van der Waals surface area contributed by atoms with E-state index < -0.39 is 5.97 Å². The highest BCUT2D eigenvalue weighted by atomic mass is 16.4. The van der Waals surface area contributed by atoms with Crippen molar-refractivity contribution in [2.75, 3.05) is 0 Å². The second-order valence-electron chi connectivity index (χ2n) is 3.68. The molecule has 2 rings (SSSR count). The first-order valence-corrected chi connectivity index (χ1v) is 4.89. The Morgan fingerprint density at radius 2 is 2.31 bits per heavy atom. The second kappa shape index (κ2) is 3.84. The number of hydrogen-bond acceptors (Lipinski definition) is 3. The summed E-state index contributed by atoms with van der Waals surface area (Å²) in [6, 6.07) is 3.61. The molecule has 0 saturated heterocycles. The van der Waals surface area contributed by atoms with E-state index >= 15 is 0 Å². The van der Waals surface area contributed by atoms with E-state index in [1.165, 1.54) is 0 Å². The van der Waals surface area contributed by atoms with Crippen LogP contribution in [0.3, 0.4) is 0 Å². The summed E-state index contributed by atoms with van der Waals surface area (Å²) in [5, 5.41) is 13.0. The molecule has 0 atom stereocenters. The summed E-state index contributed by atoms with van der Waals surface area (Å²) in [7, 11) is 0. The van der Waals surface area contributed by atoms with Gasteiger partial charge in [-0.1, -0.05) is 0 Å². The van der Waals surface area contributed by atoms with Crippen molar-refractivity contribution in [1.82, 2.24) is 9.78 Å². The minimum atomic E-state index is -1.04. The van der Waals surface area contributed by atoms with Crippen LogP contribution in [0.15, 0.2) is 22.7 Å². The van der Waals surface area contributed by atoms with E-state index in [2.05, 4.69) is 5.10 Å². The molecule has 84 valence electrons. The number of rotatable bonds is 3. The molecular weight excluding hydrogens is 208 g/mol. The largest absolute Gasteiger partial charge is 0.475 e. The van der Waals surface area contributed by atoms with Crippen molar-refractivity contribution in [1.29, 1.82) is 0 Å². The fraction of sp³-hybridized carbons (Fsp3) is 0.273. The van der Waals surface area contributed by atoms with Crippen molar-refractivity contribution in [3.8, 4) is 0 Å². The molecule has 16 heavy (non-hydrogen) atoms. The van der Waals surface area contributed by atoms with Crippen LogP contribution in [0, 0.1) is 13.8 Å². The maximum Gasteiger partial charge on any atom is 0.372 e. The van der Waals surface area contributed by atoms with E-state index in [0.717, 1.165) is 5.69 Å². The highest BCUT2D eigenvalue weighted by Gasteiger charge is 2.14. The first-order valence-electron chi connectivity index (χ1n) is 4.89. The number of carboxylic acids is 1. The van der Waals surface area contributed by atoms with Crippen LogP contribution in [0.2, 0.25) is 0 Å². The van der Waals surface area contributed by atoms with E-state index in [4.69, 9.17) is 9.52 Å². The first-order chi connectivity index (χ1) is 7.56. The van der Waals surface area contributed by atoms with Gasteiger partial charge in [-0.3, -0.25) is 4.68 Å². The standard InChI is InChI=1S/C11H12N2O3/c1-7-5-9(16-10(7)11(14)15)6-13-4-3-8(2)12-13/h3-5H,6H2,1-2H3,(H,14,15). The summed E-state index contributed by atoms with van der Waals surface area (Å²) in [6.45, 7) is 4.05. The number of aromatic nitrogens is 2. The third-order valence-corrected chi connectivity index (χ3v) is 2.25. The van der Waals surface area contributed by atoms with Crippen LogP contribution in [-0.2, 0) is 6.54 Å². The minimum absolute atomic E-state index is 0.00104. The lowest BCUT2D eigenvalue weighted by Crippen LogP contribution is -1.99. The second-order valence-corrected chi connectivity index (χ2v) is 3.68. The zero-order chi connectivity index (χ0) is 11.7. The van der Waals surface area contributed by atoms with Gasteiger partial charge >= 0.3 is 5.97 Å². The first kappa shape index (κ1) is 10.5. The molecule has 0 fully saturated rings. The Hall–Kier alpha value is -2.04. The zero-order valence-corrected chi connectivity index (χ0v) is 9.10. The number of nitrogens with zero attached hydrogens (tertiary/aromatic N) is 2. The molecule has 0 aliphatic rings. The summed E-state index contributed by atoms with van der Waals surface area (Å²) in [5.74, 6) is -0.447. The predicted molar refractivity (Wildman–Crippen MR) is 56.5 cm³/mol. The summed E-state index contributed by atoms with van der Waals surface area (Å²) < 4.78 is 6.94. The van der Waals surface area contributed by atoms with Crippen molar-refractivity contribution in [2.45, 2.75) is 20.4 Å². The number of aromatic carboxylic acids is 1. The zero-order valence-electron chi connectivity index (χ0n) is 9.10. The van der Waals surface area contributed by atoms with Gasteiger partial charge in [0.2, 0.25) is 5.76 Å². The molecule has 0 radical (unpaired) electrons. The van der Waals surface area contributed by atoms with Gasteiger partial charge < -0.3 is 9.52 Å². The Morgan fingerprint density at radius 1 is 1.56 bits per heavy atom. The smallest absolute Gasteiger partial charge is 0.372 e. The van der Waals surface area contributed by atoms with Crippen molar-refractivity contribution in [3.05, 3.63) is 41.1 Å². The molecule has 1 N–H and O–H groups in total. The highest BCUT2D eigenvalue weighted by molar-refractivity contribution is 5.86. The topological polar surface area (TPSA) is 68.3 Å². The van der Waals surface area contributed by atoms with Crippen LogP contribution in [-0.4, -0.2) is 20.9 Å². The molecule has 5 heteroatoms. The molecule has 2 heterocycles. The Kier molecular flexibility index (Phi) is 2.52. The number of furan rings is 1. The molecule has 0 amide bonds. The van der Waals surface area contributed by atoms with Crippen molar-refractivity contribution in [2.24, 2.45) is 0 Å². The third-order valence-electron chi connectivity index (χ3n) is 2.25. The van der Waals surface area contributed by atoms with Gasteiger partial charge in [0, 0.05) is 11.8 Å². The lowest BCUT2D eigenvalue weighted by atomic mass is 10.2. The van der Waals surface area contributed by atoms with Crippen LogP contribution < -0.4 is 0 Å². The number of carboxylic acid groups (broad SMARTS) is 1. The molecule has 0 spiro atoms. The van der Waals surface area contributed by atoms with Gasteiger partial charge in [0.25, 0.3) is 0 Å². The maximum absolute atomic E-state index is 10.8. The summed E-state index contributed by atoms with van der Waals surface area (Å²) in [6.07, 6.45) is 1.83. The minimum Gasteiger partial charge on any atom is -0.475 e. The quantitative estimate of drug-likeness (QED) is 0.856. The van der Waals surface area contributed by atoms with Gasteiger partial charge in [0.05, 0.1) is 12.2 Å². The van der Waals surface area contributed by atoms with Crippen LogP contribution >= 0.6 is 0 Å². The van der Waals surface area contributed by atoms with Gasteiger partial charge in [-0.15, -0.1) is 0 Å². The van der Waals surface area contributed by atoms with Gasteiger partial charge in [-0.25, -0.2) is 4.79 Å². The van der Waals surface area contributed by atoms with Crippen LogP contribution in [0.1, 0.15) is 27.6 Å². The van der Waals surface area contributed by atoms with E-state index in [0.29, 0.717) is 17.9 Å². The molecular formula is C11H12N2O3. The Morgan fingerprint density at radius 3 is 2.81 bits per heavy atom. The van der Waals surface area contributed by atoms with Crippen LogP contribution in [0.25, 0.3) is 0 Å². The molecule has 2 aromatic rings. The summed E-state index contributed by atoms with van der Waals surface area (Å²) in [5.41, 5.74) is 1.55. The molecule has 0 aliphatic heterocycles. The van der Waals surface area contributed by atoms with Crippen LogP contribution in [0.5, 0.6) is 0 Å². The predicted octanol–water partition coefficient (Wildman–Crippen LogP) is 1.84. The molecule has 0 bridgehead atoms. The Balaban J connectivity index is 2.22. The van der Waals surface area contributed by atoms with Gasteiger partial charge in [-0.2, -0.15) is 5.10 Å². The fourth-order valence-electron chi connectivity index (χ4n) is 1.55. The summed E-state index contributed by atoms with van der Waals surface area (Å²) >= 11 is 0. The lowest BCUT2D eigenvalue weighted by Gasteiger charge is -1.96. The number of carbonyl (C=O) groups is 1. The SMILES string of the molecule is Cc1ccn(Cc2cc(C)c(C(=O)O)o2)n1. The lowest BCUT2D eigenvalue weighted by molar-refractivity contribution is 0.0659. The molecule has 5 nitrogen and oxygen atoms in total. The van der Waals surface area contributed by atoms with Crippen molar-refractivity contribution in [3.63, 3.8) is 0 Å². The van der Waals surface area contributed by atoms with Crippen LogP contribution in [0.4, 0.5) is 0 Å². The Bertz CT molecular complexity index is 525. The van der Waals surface area contributed by atoms with E-state index in [9.17, 15) is 4.79 Å². The van der Waals surface area contributed by atoms with E-state index in [-0.39, 0.29) is 5.76 Å². The van der Waals surface area contributed by atoms with Gasteiger partial charge in [0.1, 0.15) is 5.76 Å². The number of hydrogen-bond donors (Lipinski definition) is 1. The molecule has 0 aliphatic carbocycles. The average Bonchev–Trinajstić information content (AvgIpc) is 2.73. The molecule has 0 aromatic carbocycles. The summed E-state index contributed by atoms with van der Waals surface area (Å²) in [4.78, 5) is 10.8. The van der Waals surface area contributed by atoms with Crippen molar-refractivity contribution < 1.29 is 14.3 Å². The fourth-order valence-corrected chi connectivity index (χ4v) is 1.55. The van der Waals surface area contributed by atoms with E-state index in [1.807, 2.05) is 19.2 Å². The monoisotopic (exact) mass is 220 g/mol. The van der Waals surface area contributed by atoms with Crippen molar-refractivity contribution >= 4 is 5.97 Å². The van der Waals surface area contributed by atoms with Gasteiger partial charge in [-0.05, 0) is 26.0 Å². The molecule has 2 aromatic heterocycles. The molecule has 0 saturated carbocycles. The molecule has 0 unspecified atom stereocenters. The van der Waals surface area contributed by atoms with Gasteiger partial charge in [0.15, 0.2) is 0 Å². The average molecular weight is 220 g/mol. The number of aryl methyl sites for hydroxylation is 2. The highest BCUT2D eigenvalue weighted by Crippen LogP contribution is 2.15. The Labute approximate surface area is 92.3 Å². The van der Waals surface area contributed by atoms with E-state index in [1.54, 1.807) is 17.7 Å². The maximum atomic E-state index is 10.8.